The molecule has 8 aromatic rings. The molecule has 10 rings (SSSR count). The van der Waals surface area contributed by atoms with Gasteiger partial charge in [0.1, 0.15) is 16.7 Å². The molecule has 0 fully saturated rings. The standard InChI is InChI=1S/C45H28N2O2S/c1-3-9-41-38(7-1)39-24-17-32(27-43(39)48-41)29-11-18-35(19-12-29)47(36-20-13-30(14-21-36)34-26-33-6-5-25-50-44(33)28-34)37-22-15-31(16-23-37)45-46-40-8-2-4-10-42(40)49-45/h1-28H. The lowest BCUT2D eigenvalue weighted by Gasteiger charge is -2.26. The Morgan fingerprint density at radius 2 is 1.04 bits per heavy atom. The van der Waals surface area contributed by atoms with Crippen LogP contribution in [0.1, 0.15) is 0 Å². The van der Waals surface area contributed by atoms with Crippen LogP contribution in [0.25, 0.3) is 77.2 Å². The highest BCUT2D eigenvalue weighted by atomic mass is 32.1. The molecule has 0 spiro atoms. The van der Waals surface area contributed by atoms with Crippen LogP contribution in [-0.4, -0.2) is 4.98 Å². The Hall–Kier alpha value is -6.43. The van der Waals surface area contributed by atoms with E-state index in [9.17, 15) is 0 Å². The van der Waals surface area contributed by atoms with Crippen molar-refractivity contribution in [2.24, 2.45) is 0 Å². The second-order valence-corrected chi connectivity index (χ2v) is 13.4. The van der Waals surface area contributed by atoms with Crippen molar-refractivity contribution in [1.82, 2.24) is 4.98 Å². The average Bonchev–Trinajstić information content (AvgIpc) is 3.91. The number of hydrogen-bond donors (Lipinski definition) is 0. The minimum atomic E-state index is 0.613. The lowest BCUT2D eigenvalue weighted by atomic mass is 10.0. The summed E-state index contributed by atoms with van der Waals surface area (Å²) in [5.41, 5.74) is 13.5. The van der Waals surface area contributed by atoms with Crippen LogP contribution in [0, 0.1) is 0 Å². The SMILES string of the molecule is c1csc2cc(-c3ccc(N(c4ccc(-c5ccc6c(c5)oc5ccccc56)cc4)c4ccc(-c5nc6ccccc6o5)cc4)cc3)cc-2c1. The molecule has 0 bridgehead atoms. The molecule has 0 saturated carbocycles. The van der Waals surface area contributed by atoms with Crippen LogP contribution in [0.3, 0.4) is 0 Å². The van der Waals surface area contributed by atoms with E-state index in [0.29, 0.717) is 5.89 Å². The van der Waals surface area contributed by atoms with E-state index in [0.717, 1.165) is 66.8 Å². The van der Waals surface area contributed by atoms with Gasteiger partial charge in [0.05, 0.1) is 0 Å². The Kier molecular flexibility index (Phi) is 6.64. The first-order valence-electron chi connectivity index (χ1n) is 16.6. The van der Waals surface area contributed by atoms with Gasteiger partial charge < -0.3 is 13.7 Å². The number of aromatic nitrogens is 1. The van der Waals surface area contributed by atoms with Crippen molar-refractivity contribution in [1.29, 1.82) is 0 Å². The number of rotatable bonds is 6. The summed E-state index contributed by atoms with van der Waals surface area (Å²) in [7, 11) is 0. The maximum Gasteiger partial charge on any atom is 0.227 e. The van der Waals surface area contributed by atoms with Crippen molar-refractivity contribution in [3.8, 4) is 44.1 Å². The molecule has 1 aliphatic heterocycles. The number of hydrogen-bond acceptors (Lipinski definition) is 5. The van der Waals surface area contributed by atoms with Gasteiger partial charge in [-0.15, -0.1) is 11.3 Å². The number of para-hydroxylation sites is 3. The zero-order valence-electron chi connectivity index (χ0n) is 26.8. The minimum Gasteiger partial charge on any atom is -0.456 e. The predicted octanol–water partition coefficient (Wildman–Crippen LogP) is 13.4. The lowest BCUT2D eigenvalue weighted by molar-refractivity contribution is 0.620. The van der Waals surface area contributed by atoms with E-state index in [1.54, 1.807) is 11.3 Å². The number of nitrogens with zero attached hydrogens (tertiary/aromatic N) is 2. The van der Waals surface area contributed by atoms with Crippen molar-refractivity contribution in [2.45, 2.75) is 0 Å². The molecule has 0 radical (unpaired) electrons. The van der Waals surface area contributed by atoms with E-state index < -0.39 is 0 Å². The number of oxazole rings is 1. The Bertz CT molecular complexity index is 2640. The molecule has 0 amide bonds. The second-order valence-electron chi connectivity index (χ2n) is 12.4. The highest BCUT2D eigenvalue weighted by molar-refractivity contribution is 7.13. The van der Waals surface area contributed by atoms with E-state index >= 15 is 0 Å². The van der Waals surface area contributed by atoms with Gasteiger partial charge in [-0.2, -0.15) is 0 Å². The van der Waals surface area contributed by atoms with Crippen molar-refractivity contribution in [3.63, 3.8) is 0 Å². The molecule has 1 aliphatic carbocycles. The molecule has 5 heteroatoms. The Morgan fingerprint density at radius 3 is 1.76 bits per heavy atom. The Balaban J connectivity index is 1.02. The molecule has 2 aromatic heterocycles. The Morgan fingerprint density at radius 1 is 0.420 bits per heavy atom. The van der Waals surface area contributed by atoms with E-state index in [4.69, 9.17) is 13.8 Å². The monoisotopic (exact) mass is 660 g/mol. The van der Waals surface area contributed by atoms with Gasteiger partial charge in [-0.05, 0) is 124 Å². The van der Waals surface area contributed by atoms with Crippen LogP contribution in [0.2, 0.25) is 0 Å². The summed E-state index contributed by atoms with van der Waals surface area (Å²) in [4.78, 5) is 8.30. The molecule has 4 nitrogen and oxygen atoms in total. The van der Waals surface area contributed by atoms with Crippen molar-refractivity contribution >= 4 is 61.4 Å². The molecular formula is C45H28N2O2S. The van der Waals surface area contributed by atoms with Crippen molar-refractivity contribution < 1.29 is 8.83 Å². The van der Waals surface area contributed by atoms with Gasteiger partial charge in [0.2, 0.25) is 5.89 Å². The first-order chi connectivity index (χ1) is 24.7. The van der Waals surface area contributed by atoms with Gasteiger partial charge in [-0.25, -0.2) is 4.98 Å². The van der Waals surface area contributed by atoms with E-state index in [1.165, 1.54) is 21.6 Å². The summed E-state index contributed by atoms with van der Waals surface area (Å²) < 4.78 is 12.3. The van der Waals surface area contributed by atoms with Gasteiger partial charge in [0, 0.05) is 38.3 Å². The topological polar surface area (TPSA) is 42.4 Å². The number of furan rings is 1. The van der Waals surface area contributed by atoms with Gasteiger partial charge in [-0.3, -0.25) is 0 Å². The molecular weight excluding hydrogens is 633 g/mol. The average molecular weight is 661 g/mol. The maximum atomic E-state index is 6.19. The molecule has 3 heterocycles. The zero-order chi connectivity index (χ0) is 33.0. The van der Waals surface area contributed by atoms with Gasteiger partial charge in [0.15, 0.2) is 5.58 Å². The fourth-order valence-corrected chi connectivity index (χ4v) is 7.63. The van der Waals surface area contributed by atoms with Crippen LogP contribution < -0.4 is 4.90 Å². The van der Waals surface area contributed by atoms with Gasteiger partial charge in [-0.1, -0.05) is 72.8 Å². The van der Waals surface area contributed by atoms with E-state index in [1.807, 2.05) is 36.4 Å². The van der Waals surface area contributed by atoms with Crippen molar-refractivity contribution in [2.75, 3.05) is 4.90 Å². The zero-order valence-corrected chi connectivity index (χ0v) is 27.6. The summed E-state index contributed by atoms with van der Waals surface area (Å²) in [6.07, 6.45) is 0. The molecule has 0 N–H and O–H groups in total. The van der Waals surface area contributed by atoms with Gasteiger partial charge >= 0.3 is 0 Å². The predicted molar refractivity (Wildman–Crippen MR) is 207 cm³/mol. The smallest absolute Gasteiger partial charge is 0.227 e. The molecule has 2 aliphatic rings. The third-order valence-corrected chi connectivity index (χ3v) is 10.3. The van der Waals surface area contributed by atoms with Crippen molar-refractivity contribution in [3.05, 3.63) is 169 Å². The summed E-state index contributed by atoms with van der Waals surface area (Å²) in [5.74, 6) is 0.613. The van der Waals surface area contributed by atoms with Crippen LogP contribution in [-0.2, 0) is 0 Å². The summed E-state index contributed by atoms with van der Waals surface area (Å²) in [6.45, 7) is 0. The van der Waals surface area contributed by atoms with Crippen LogP contribution in [0.15, 0.2) is 178 Å². The molecule has 236 valence electrons. The van der Waals surface area contributed by atoms with Crippen LogP contribution in [0.5, 0.6) is 0 Å². The quantitative estimate of drug-likeness (QED) is 0.178. The summed E-state index contributed by atoms with van der Waals surface area (Å²) >= 11 is 1.77. The first-order valence-corrected chi connectivity index (χ1v) is 17.5. The third kappa shape index (κ3) is 4.95. The number of fused-ring (bicyclic) bond motifs is 5. The van der Waals surface area contributed by atoms with Gasteiger partial charge in [0.25, 0.3) is 0 Å². The molecule has 0 atom stereocenters. The number of anilines is 3. The molecule has 6 aromatic carbocycles. The van der Waals surface area contributed by atoms with Crippen LogP contribution >= 0.6 is 11.3 Å². The fraction of sp³-hybridized carbons (Fsp3) is 0. The summed E-state index contributed by atoms with van der Waals surface area (Å²) in [6, 6.07) is 57.3. The third-order valence-electron chi connectivity index (χ3n) is 9.39. The first kappa shape index (κ1) is 28.6. The lowest BCUT2D eigenvalue weighted by Crippen LogP contribution is -2.09. The minimum absolute atomic E-state index is 0.613. The van der Waals surface area contributed by atoms with E-state index in [2.05, 4.69) is 138 Å². The second kappa shape index (κ2) is 11.6. The molecule has 50 heavy (non-hydrogen) atoms. The highest BCUT2D eigenvalue weighted by Gasteiger charge is 2.16. The highest BCUT2D eigenvalue weighted by Crippen LogP contribution is 2.40. The normalized spacial score (nSPS) is 11.6. The number of benzene rings is 6. The fourth-order valence-electron chi connectivity index (χ4n) is 6.87. The van der Waals surface area contributed by atoms with E-state index in [-0.39, 0.29) is 0 Å². The largest absolute Gasteiger partial charge is 0.456 e. The molecule has 0 saturated heterocycles. The molecule has 0 unspecified atom stereocenters. The summed E-state index contributed by atoms with van der Waals surface area (Å²) in [5, 5.41) is 4.40. The van der Waals surface area contributed by atoms with Crippen LogP contribution in [0.4, 0.5) is 17.1 Å². The Labute approximate surface area is 292 Å². The maximum absolute atomic E-state index is 6.19.